The Morgan fingerprint density at radius 3 is 2.55 bits per heavy atom. The number of halogens is 1. The second-order valence-corrected chi connectivity index (χ2v) is 7.96. The molecule has 0 radical (unpaired) electrons. The van der Waals surface area contributed by atoms with Crippen molar-refractivity contribution in [3.8, 4) is 17.1 Å². The van der Waals surface area contributed by atoms with Gasteiger partial charge in [-0.15, -0.1) is 0 Å². The molecule has 0 saturated heterocycles. The molecule has 7 nitrogen and oxygen atoms in total. The van der Waals surface area contributed by atoms with Crippen molar-refractivity contribution in [2.45, 2.75) is 31.2 Å². The standard InChI is InChI=1S/C21H29FN4O3/c1-25(2)19-17(20(27)23-13-21(26(3)4)10-6-7-11-21)18(29-24-19)14-8-9-15(22)16(12-14)28-5/h8-9,12H,6-7,10-11,13H2,1-5H3,(H,23,27). The molecule has 1 saturated carbocycles. The van der Waals surface area contributed by atoms with Crippen molar-refractivity contribution >= 4 is 11.7 Å². The van der Waals surface area contributed by atoms with Crippen LogP contribution in [0.1, 0.15) is 36.0 Å². The highest BCUT2D eigenvalue weighted by Crippen LogP contribution is 2.35. The first-order valence-corrected chi connectivity index (χ1v) is 9.75. The van der Waals surface area contributed by atoms with E-state index in [0.29, 0.717) is 23.5 Å². The zero-order chi connectivity index (χ0) is 21.2. The monoisotopic (exact) mass is 404 g/mol. The van der Waals surface area contributed by atoms with Gasteiger partial charge in [-0.05, 0) is 45.1 Å². The molecule has 1 heterocycles. The third kappa shape index (κ3) is 4.07. The second kappa shape index (κ2) is 8.41. The fourth-order valence-corrected chi connectivity index (χ4v) is 3.94. The molecule has 3 rings (SSSR count). The number of benzene rings is 1. The van der Waals surface area contributed by atoms with E-state index in [4.69, 9.17) is 9.26 Å². The minimum Gasteiger partial charge on any atom is -0.494 e. The van der Waals surface area contributed by atoms with E-state index in [1.54, 1.807) is 25.1 Å². The molecular weight excluding hydrogens is 375 g/mol. The Morgan fingerprint density at radius 1 is 1.28 bits per heavy atom. The highest BCUT2D eigenvalue weighted by Gasteiger charge is 2.37. The molecule has 1 N–H and O–H groups in total. The first-order chi connectivity index (χ1) is 13.8. The van der Waals surface area contributed by atoms with Gasteiger partial charge >= 0.3 is 0 Å². The number of methoxy groups -OCH3 is 1. The zero-order valence-corrected chi connectivity index (χ0v) is 17.7. The number of hydrogen-bond donors (Lipinski definition) is 1. The van der Waals surface area contributed by atoms with E-state index in [9.17, 15) is 9.18 Å². The average Bonchev–Trinajstić information content (AvgIpc) is 3.34. The summed E-state index contributed by atoms with van der Waals surface area (Å²) in [4.78, 5) is 17.1. The van der Waals surface area contributed by atoms with Crippen molar-refractivity contribution in [3.05, 3.63) is 29.6 Å². The number of carbonyl (C=O) groups excluding carboxylic acids is 1. The van der Waals surface area contributed by atoms with E-state index in [1.165, 1.54) is 19.2 Å². The second-order valence-electron chi connectivity index (χ2n) is 7.96. The largest absolute Gasteiger partial charge is 0.494 e. The molecule has 1 aromatic heterocycles. The smallest absolute Gasteiger partial charge is 0.259 e. The summed E-state index contributed by atoms with van der Waals surface area (Å²) in [5.74, 6) is 0.0419. The summed E-state index contributed by atoms with van der Waals surface area (Å²) >= 11 is 0. The Kier molecular flexibility index (Phi) is 6.12. The first-order valence-electron chi connectivity index (χ1n) is 9.75. The Morgan fingerprint density at radius 2 is 1.97 bits per heavy atom. The van der Waals surface area contributed by atoms with Crippen molar-refractivity contribution in [1.82, 2.24) is 15.4 Å². The first kappa shape index (κ1) is 21.1. The lowest BCUT2D eigenvalue weighted by molar-refractivity contribution is 0.0900. The van der Waals surface area contributed by atoms with Gasteiger partial charge in [-0.1, -0.05) is 18.0 Å². The number of carbonyl (C=O) groups is 1. The van der Waals surface area contributed by atoms with E-state index in [2.05, 4.69) is 29.5 Å². The fourth-order valence-electron chi connectivity index (χ4n) is 3.94. The van der Waals surface area contributed by atoms with Crippen LogP contribution >= 0.6 is 0 Å². The Hall–Kier alpha value is -2.61. The quantitative estimate of drug-likeness (QED) is 0.764. The highest BCUT2D eigenvalue weighted by molar-refractivity contribution is 6.04. The molecule has 8 heteroatoms. The molecule has 1 aliphatic rings. The van der Waals surface area contributed by atoms with Crippen LogP contribution in [-0.4, -0.2) is 63.3 Å². The van der Waals surface area contributed by atoms with Gasteiger partial charge in [0.05, 0.1) is 7.11 Å². The summed E-state index contributed by atoms with van der Waals surface area (Å²) in [6.07, 6.45) is 4.41. The lowest BCUT2D eigenvalue weighted by atomic mass is 9.95. The SMILES string of the molecule is COc1cc(-c2onc(N(C)C)c2C(=O)NCC2(N(C)C)CCCC2)ccc1F. The van der Waals surface area contributed by atoms with Crippen LogP contribution in [0, 0.1) is 5.82 Å². The topological polar surface area (TPSA) is 70.8 Å². The van der Waals surface area contributed by atoms with Gasteiger partial charge in [0.15, 0.2) is 23.1 Å². The Labute approximate surface area is 170 Å². The number of amides is 1. The lowest BCUT2D eigenvalue weighted by Crippen LogP contribution is -2.50. The minimum atomic E-state index is -0.483. The van der Waals surface area contributed by atoms with Crippen molar-refractivity contribution in [2.75, 3.05) is 46.7 Å². The molecule has 2 aromatic rings. The maximum Gasteiger partial charge on any atom is 0.259 e. The van der Waals surface area contributed by atoms with Gasteiger partial charge in [0.1, 0.15) is 5.56 Å². The number of nitrogens with zero attached hydrogens (tertiary/aromatic N) is 3. The average molecular weight is 404 g/mol. The van der Waals surface area contributed by atoms with Gasteiger partial charge in [-0.25, -0.2) is 4.39 Å². The predicted octanol–water partition coefficient (Wildman–Crippen LogP) is 3.16. The Bertz CT molecular complexity index is 873. The van der Waals surface area contributed by atoms with E-state index in [-0.39, 0.29) is 23.0 Å². The molecule has 0 aliphatic heterocycles. The molecule has 1 fully saturated rings. The van der Waals surface area contributed by atoms with E-state index in [0.717, 1.165) is 25.7 Å². The summed E-state index contributed by atoms with van der Waals surface area (Å²) in [5.41, 5.74) is 0.817. The number of hydrogen-bond acceptors (Lipinski definition) is 6. The molecule has 1 amide bonds. The van der Waals surface area contributed by atoms with Crippen molar-refractivity contribution in [2.24, 2.45) is 0 Å². The van der Waals surface area contributed by atoms with Crippen molar-refractivity contribution < 1.29 is 18.4 Å². The minimum absolute atomic E-state index is 0.0373. The number of ether oxygens (including phenoxy) is 1. The number of aromatic nitrogens is 1. The molecule has 1 aromatic carbocycles. The molecule has 0 atom stereocenters. The molecule has 0 bridgehead atoms. The van der Waals surface area contributed by atoms with Crippen LogP contribution in [-0.2, 0) is 0 Å². The van der Waals surface area contributed by atoms with E-state index < -0.39 is 5.82 Å². The number of anilines is 1. The van der Waals surface area contributed by atoms with Gasteiger partial charge in [-0.2, -0.15) is 0 Å². The number of nitrogens with one attached hydrogen (secondary N) is 1. The summed E-state index contributed by atoms with van der Waals surface area (Å²) < 4.78 is 24.4. The van der Waals surface area contributed by atoms with Crippen LogP contribution < -0.4 is 15.0 Å². The predicted molar refractivity (Wildman–Crippen MR) is 110 cm³/mol. The van der Waals surface area contributed by atoms with Crippen LogP contribution in [0.5, 0.6) is 5.75 Å². The summed E-state index contributed by atoms with van der Waals surface area (Å²) in [6, 6.07) is 4.34. The van der Waals surface area contributed by atoms with Crippen LogP contribution in [0.15, 0.2) is 22.7 Å². The maximum atomic E-state index is 13.8. The maximum absolute atomic E-state index is 13.8. The number of rotatable bonds is 7. The molecular formula is C21H29FN4O3. The van der Waals surface area contributed by atoms with Crippen LogP contribution in [0.4, 0.5) is 10.2 Å². The summed E-state index contributed by atoms with van der Waals surface area (Å²) in [6.45, 7) is 0.545. The van der Waals surface area contributed by atoms with E-state index >= 15 is 0 Å². The van der Waals surface area contributed by atoms with Gasteiger partial charge < -0.3 is 24.4 Å². The van der Waals surface area contributed by atoms with Gasteiger partial charge in [0.25, 0.3) is 5.91 Å². The lowest BCUT2D eigenvalue weighted by Gasteiger charge is -2.36. The van der Waals surface area contributed by atoms with E-state index in [1.807, 2.05) is 0 Å². The molecule has 158 valence electrons. The fraction of sp³-hybridized carbons (Fsp3) is 0.524. The van der Waals surface area contributed by atoms with Gasteiger partial charge in [0, 0.05) is 31.7 Å². The normalized spacial score (nSPS) is 15.6. The zero-order valence-electron chi connectivity index (χ0n) is 17.7. The molecule has 0 unspecified atom stereocenters. The summed E-state index contributed by atoms with van der Waals surface area (Å²) in [5, 5.41) is 7.15. The van der Waals surface area contributed by atoms with Gasteiger partial charge in [-0.3, -0.25) is 4.79 Å². The molecule has 1 aliphatic carbocycles. The van der Waals surface area contributed by atoms with Crippen molar-refractivity contribution in [3.63, 3.8) is 0 Å². The third-order valence-corrected chi connectivity index (χ3v) is 5.80. The third-order valence-electron chi connectivity index (χ3n) is 5.80. The highest BCUT2D eigenvalue weighted by atomic mass is 19.1. The van der Waals surface area contributed by atoms with Crippen molar-refractivity contribution in [1.29, 1.82) is 0 Å². The van der Waals surface area contributed by atoms with Crippen LogP contribution in [0.2, 0.25) is 0 Å². The van der Waals surface area contributed by atoms with Gasteiger partial charge in [0.2, 0.25) is 0 Å². The van der Waals surface area contributed by atoms with Crippen LogP contribution in [0.3, 0.4) is 0 Å². The summed E-state index contributed by atoms with van der Waals surface area (Å²) in [7, 11) is 9.09. The number of likely N-dealkylation sites (N-methyl/N-ethyl adjacent to an activating group) is 1. The molecule has 29 heavy (non-hydrogen) atoms. The van der Waals surface area contributed by atoms with Crippen LogP contribution in [0.25, 0.3) is 11.3 Å². The molecule has 0 spiro atoms. The Balaban J connectivity index is 1.93.